The molecule has 0 aliphatic heterocycles. The third-order valence-electron chi connectivity index (χ3n) is 3.45. The van der Waals surface area contributed by atoms with E-state index in [0.29, 0.717) is 12.0 Å². The van der Waals surface area contributed by atoms with Crippen molar-refractivity contribution in [2.75, 3.05) is 0 Å². The van der Waals surface area contributed by atoms with Gasteiger partial charge in [0.1, 0.15) is 0 Å². The van der Waals surface area contributed by atoms with Gasteiger partial charge in [0.15, 0.2) is 0 Å². The lowest BCUT2D eigenvalue weighted by molar-refractivity contribution is -0.137. The molecule has 0 bridgehead atoms. The van der Waals surface area contributed by atoms with Crippen LogP contribution in [0.2, 0.25) is 0 Å². The summed E-state index contributed by atoms with van der Waals surface area (Å²) in [4.78, 5) is 22.8. The van der Waals surface area contributed by atoms with Gasteiger partial charge in [-0.15, -0.1) is 0 Å². The second-order valence-electron chi connectivity index (χ2n) is 6.03. The van der Waals surface area contributed by atoms with Crippen LogP contribution in [0, 0.1) is 0 Å². The molecule has 1 aromatic rings. The Labute approximate surface area is 126 Å². The first kappa shape index (κ1) is 17.2. The topological polar surface area (TPSA) is 66.4 Å². The molecule has 0 aliphatic carbocycles. The van der Waals surface area contributed by atoms with E-state index in [4.69, 9.17) is 5.11 Å². The van der Waals surface area contributed by atoms with Crippen molar-refractivity contribution in [2.24, 2.45) is 0 Å². The van der Waals surface area contributed by atoms with E-state index in [1.807, 2.05) is 38.1 Å². The zero-order valence-electron chi connectivity index (χ0n) is 13.1. The summed E-state index contributed by atoms with van der Waals surface area (Å²) in [6, 6.07) is 7.62. The van der Waals surface area contributed by atoms with Crippen molar-refractivity contribution in [1.29, 1.82) is 0 Å². The lowest BCUT2D eigenvalue weighted by Crippen LogP contribution is -2.43. The Bertz CT molecular complexity index is 477. The Kier molecular flexibility index (Phi) is 6.40. The van der Waals surface area contributed by atoms with Gasteiger partial charge >= 0.3 is 5.97 Å². The van der Waals surface area contributed by atoms with Crippen molar-refractivity contribution in [2.45, 2.75) is 58.4 Å². The fraction of sp³-hybridized carbons (Fsp3) is 0.529. The van der Waals surface area contributed by atoms with Crippen molar-refractivity contribution >= 4 is 11.9 Å². The third-order valence-corrected chi connectivity index (χ3v) is 3.45. The highest BCUT2D eigenvalue weighted by Crippen LogP contribution is 2.14. The number of aliphatic carboxylic acids is 1. The van der Waals surface area contributed by atoms with E-state index < -0.39 is 11.5 Å². The lowest BCUT2D eigenvalue weighted by Gasteiger charge is -2.25. The Hall–Kier alpha value is -1.84. The Morgan fingerprint density at radius 3 is 2.33 bits per heavy atom. The number of carboxylic acid groups (broad SMARTS) is 1. The van der Waals surface area contributed by atoms with Gasteiger partial charge in [-0.2, -0.15) is 0 Å². The molecule has 0 radical (unpaired) electrons. The van der Waals surface area contributed by atoms with E-state index >= 15 is 0 Å². The SMILES string of the molecule is CCCCc1ccc(C(=O)NC(C)(C)CCC(=O)O)cc1. The standard InChI is InChI=1S/C17H25NO3/c1-4-5-6-13-7-9-14(10-8-13)16(21)18-17(2,3)12-11-15(19)20/h7-10H,4-6,11-12H2,1-3H3,(H,18,21)(H,19,20). The number of carboxylic acids is 1. The average Bonchev–Trinajstić information content (AvgIpc) is 2.43. The molecule has 1 amide bonds. The van der Waals surface area contributed by atoms with Crippen molar-refractivity contribution in [3.63, 3.8) is 0 Å². The summed E-state index contributed by atoms with van der Waals surface area (Å²) < 4.78 is 0. The van der Waals surface area contributed by atoms with Crippen LogP contribution in [0.4, 0.5) is 0 Å². The molecule has 21 heavy (non-hydrogen) atoms. The third kappa shape index (κ3) is 6.43. The number of carbonyl (C=O) groups is 2. The fourth-order valence-electron chi connectivity index (χ4n) is 2.07. The number of hydrogen-bond donors (Lipinski definition) is 2. The van der Waals surface area contributed by atoms with E-state index in [1.165, 1.54) is 5.56 Å². The van der Waals surface area contributed by atoms with Crippen LogP contribution in [0.15, 0.2) is 24.3 Å². The number of amides is 1. The number of hydrogen-bond acceptors (Lipinski definition) is 2. The maximum absolute atomic E-state index is 12.2. The van der Waals surface area contributed by atoms with Gasteiger partial charge in [-0.25, -0.2) is 0 Å². The predicted molar refractivity (Wildman–Crippen MR) is 83.5 cm³/mol. The van der Waals surface area contributed by atoms with E-state index in [0.717, 1.165) is 19.3 Å². The zero-order valence-corrected chi connectivity index (χ0v) is 13.1. The number of rotatable bonds is 8. The van der Waals surface area contributed by atoms with Gasteiger partial charge in [-0.1, -0.05) is 25.5 Å². The Morgan fingerprint density at radius 1 is 1.19 bits per heavy atom. The summed E-state index contributed by atoms with van der Waals surface area (Å²) in [7, 11) is 0. The van der Waals surface area contributed by atoms with Crippen LogP contribution in [0.3, 0.4) is 0 Å². The van der Waals surface area contributed by atoms with Crippen molar-refractivity contribution in [1.82, 2.24) is 5.32 Å². The monoisotopic (exact) mass is 291 g/mol. The van der Waals surface area contributed by atoms with Gasteiger partial charge in [0.05, 0.1) is 0 Å². The molecule has 2 N–H and O–H groups in total. The largest absolute Gasteiger partial charge is 0.481 e. The van der Waals surface area contributed by atoms with E-state index in [9.17, 15) is 9.59 Å². The smallest absolute Gasteiger partial charge is 0.303 e. The number of nitrogens with one attached hydrogen (secondary N) is 1. The van der Waals surface area contributed by atoms with Crippen molar-refractivity contribution in [3.8, 4) is 0 Å². The number of aryl methyl sites for hydroxylation is 1. The van der Waals surface area contributed by atoms with Crippen molar-refractivity contribution in [3.05, 3.63) is 35.4 Å². The van der Waals surface area contributed by atoms with Crippen LogP contribution >= 0.6 is 0 Å². The second-order valence-corrected chi connectivity index (χ2v) is 6.03. The number of benzene rings is 1. The predicted octanol–water partition coefficient (Wildman–Crippen LogP) is 3.40. The van der Waals surface area contributed by atoms with Crippen LogP contribution in [0.5, 0.6) is 0 Å². The molecule has 0 heterocycles. The van der Waals surface area contributed by atoms with Gasteiger partial charge in [0, 0.05) is 17.5 Å². The fourth-order valence-corrected chi connectivity index (χ4v) is 2.07. The van der Waals surface area contributed by atoms with Gasteiger partial charge in [-0.3, -0.25) is 9.59 Å². The quantitative estimate of drug-likeness (QED) is 0.771. The maximum atomic E-state index is 12.2. The van der Waals surface area contributed by atoms with Crippen LogP contribution < -0.4 is 5.32 Å². The van der Waals surface area contributed by atoms with Gasteiger partial charge in [-0.05, 0) is 50.8 Å². The molecule has 4 nitrogen and oxygen atoms in total. The van der Waals surface area contributed by atoms with E-state index in [1.54, 1.807) is 0 Å². The summed E-state index contributed by atoms with van der Waals surface area (Å²) in [5.41, 5.74) is 1.31. The van der Waals surface area contributed by atoms with Crippen molar-refractivity contribution < 1.29 is 14.7 Å². The molecule has 1 aromatic carbocycles. The molecule has 0 fully saturated rings. The molecular formula is C17H25NO3. The maximum Gasteiger partial charge on any atom is 0.303 e. The molecule has 0 spiro atoms. The number of carbonyl (C=O) groups excluding carboxylic acids is 1. The minimum absolute atomic E-state index is 0.0449. The average molecular weight is 291 g/mol. The molecule has 0 saturated heterocycles. The molecular weight excluding hydrogens is 266 g/mol. The Balaban J connectivity index is 2.60. The van der Waals surface area contributed by atoms with Gasteiger partial charge < -0.3 is 10.4 Å². The first-order valence-corrected chi connectivity index (χ1v) is 7.47. The molecule has 4 heteroatoms. The van der Waals surface area contributed by atoms with Gasteiger partial charge in [0.25, 0.3) is 5.91 Å². The highest BCUT2D eigenvalue weighted by Gasteiger charge is 2.22. The van der Waals surface area contributed by atoms with Crippen LogP contribution in [0.25, 0.3) is 0 Å². The highest BCUT2D eigenvalue weighted by molar-refractivity contribution is 5.94. The lowest BCUT2D eigenvalue weighted by atomic mass is 9.97. The van der Waals surface area contributed by atoms with Crippen LogP contribution in [-0.4, -0.2) is 22.5 Å². The van der Waals surface area contributed by atoms with Crippen LogP contribution in [0.1, 0.15) is 62.4 Å². The summed E-state index contributed by atoms with van der Waals surface area (Å²) in [5.74, 6) is -1.01. The highest BCUT2D eigenvalue weighted by atomic mass is 16.4. The molecule has 0 atom stereocenters. The molecule has 1 rings (SSSR count). The molecule has 0 aromatic heterocycles. The zero-order chi connectivity index (χ0) is 15.9. The molecule has 0 unspecified atom stereocenters. The first-order valence-electron chi connectivity index (χ1n) is 7.47. The minimum Gasteiger partial charge on any atom is -0.481 e. The minimum atomic E-state index is -0.849. The molecule has 116 valence electrons. The normalized spacial score (nSPS) is 11.2. The summed E-state index contributed by atoms with van der Waals surface area (Å²) in [6.07, 6.45) is 3.78. The molecule has 0 aliphatic rings. The van der Waals surface area contributed by atoms with E-state index in [-0.39, 0.29) is 12.3 Å². The summed E-state index contributed by atoms with van der Waals surface area (Å²) >= 11 is 0. The Morgan fingerprint density at radius 2 is 1.81 bits per heavy atom. The van der Waals surface area contributed by atoms with Gasteiger partial charge in [0.2, 0.25) is 0 Å². The summed E-state index contributed by atoms with van der Waals surface area (Å²) in [5, 5.41) is 11.6. The molecule has 0 saturated carbocycles. The number of unbranched alkanes of at least 4 members (excludes halogenated alkanes) is 1. The summed E-state index contributed by atoms with van der Waals surface area (Å²) in [6.45, 7) is 5.83. The van der Waals surface area contributed by atoms with E-state index in [2.05, 4.69) is 12.2 Å². The first-order chi connectivity index (χ1) is 9.84. The second kappa shape index (κ2) is 7.81. The van der Waals surface area contributed by atoms with Crippen LogP contribution in [-0.2, 0) is 11.2 Å².